The molecule has 1 N–H and O–H groups in total. The van der Waals surface area contributed by atoms with E-state index in [-0.39, 0.29) is 6.47 Å². The van der Waals surface area contributed by atoms with Gasteiger partial charge >= 0.3 is 0 Å². The highest BCUT2D eigenvalue weighted by Gasteiger charge is 2.20. The van der Waals surface area contributed by atoms with Crippen molar-refractivity contribution in [3.8, 4) is 0 Å². The van der Waals surface area contributed by atoms with Gasteiger partial charge in [-0.1, -0.05) is 18.2 Å². The molecule has 88 valence electrons. The molecular formula is C12H17NO2S. The van der Waals surface area contributed by atoms with Crippen LogP contribution in [-0.4, -0.2) is 28.5 Å². The molecule has 3 nitrogen and oxygen atoms in total. The second kappa shape index (κ2) is 7.30. The van der Waals surface area contributed by atoms with Crippen molar-refractivity contribution in [2.45, 2.75) is 30.7 Å². The number of nitrogens with zero attached hydrogens (tertiary/aromatic N) is 1. The summed E-state index contributed by atoms with van der Waals surface area (Å²) in [7, 11) is 0. The Morgan fingerprint density at radius 3 is 2.56 bits per heavy atom. The van der Waals surface area contributed by atoms with Crippen molar-refractivity contribution in [1.82, 2.24) is 4.31 Å². The SMILES string of the molecule is CC1CCCN1Sc1ccccc1.O=CO. The Hall–Kier alpha value is -1.00. The van der Waals surface area contributed by atoms with E-state index >= 15 is 0 Å². The largest absolute Gasteiger partial charge is 0.483 e. The summed E-state index contributed by atoms with van der Waals surface area (Å²) < 4.78 is 2.48. The smallest absolute Gasteiger partial charge is 0.290 e. The molecule has 0 amide bonds. The third-order valence-corrected chi connectivity index (χ3v) is 3.72. The van der Waals surface area contributed by atoms with Crippen LogP contribution in [0.2, 0.25) is 0 Å². The molecule has 1 aromatic carbocycles. The second-order valence-electron chi connectivity index (χ2n) is 3.64. The minimum atomic E-state index is -0.250. The van der Waals surface area contributed by atoms with Crippen LogP contribution in [0.5, 0.6) is 0 Å². The molecule has 1 fully saturated rings. The van der Waals surface area contributed by atoms with Crippen molar-refractivity contribution in [3.63, 3.8) is 0 Å². The lowest BCUT2D eigenvalue weighted by Gasteiger charge is -2.19. The monoisotopic (exact) mass is 239 g/mol. The highest BCUT2D eigenvalue weighted by Crippen LogP contribution is 2.30. The first kappa shape index (κ1) is 13.1. The average molecular weight is 239 g/mol. The van der Waals surface area contributed by atoms with Gasteiger partial charge in [0.1, 0.15) is 0 Å². The molecule has 4 heteroatoms. The van der Waals surface area contributed by atoms with Gasteiger partial charge in [-0.15, -0.1) is 0 Å². The second-order valence-corrected chi connectivity index (χ2v) is 4.76. The van der Waals surface area contributed by atoms with E-state index in [0.29, 0.717) is 0 Å². The molecule has 16 heavy (non-hydrogen) atoms. The molecular weight excluding hydrogens is 222 g/mol. The minimum absolute atomic E-state index is 0.250. The van der Waals surface area contributed by atoms with Crippen molar-refractivity contribution in [3.05, 3.63) is 30.3 Å². The maximum Gasteiger partial charge on any atom is 0.290 e. The summed E-state index contributed by atoms with van der Waals surface area (Å²) >= 11 is 1.89. The van der Waals surface area contributed by atoms with Gasteiger partial charge in [-0.3, -0.25) is 4.79 Å². The van der Waals surface area contributed by atoms with Gasteiger partial charge in [0, 0.05) is 17.5 Å². The number of carboxylic acid groups (broad SMARTS) is 1. The quantitative estimate of drug-likeness (QED) is 0.636. The number of rotatable bonds is 2. The van der Waals surface area contributed by atoms with Gasteiger partial charge in [0.05, 0.1) is 0 Å². The van der Waals surface area contributed by atoms with Crippen LogP contribution in [0, 0.1) is 0 Å². The lowest BCUT2D eigenvalue weighted by Crippen LogP contribution is -2.18. The summed E-state index contributed by atoms with van der Waals surface area (Å²) in [6.45, 7) is 3.30. The fourth-order valence-electron chi connectivity index (χ4n) is 1.66. The van der Waals surface area contributed by atoms with Crippen LogP contribution in [0.25, 0.3) is 0 Å². The predicted octanol–water partition coefficient (Wildman–Crippen LogP) is 2.88. The predicted molar refractivity (Wildman–Crippen MR) is 66.4 cm³/mol. The molecule has 1 heterocycles. The normalized spacial score (nSPS) is 19.9. The van der Waals surface area contributed by atoms with Crippen molar-refractivity contribution in [2.75, 3.05) is 6.54 Å². The molecule has 1 atom stereocenters. The zero-order valence-corrected chi connectivity index (χ0v) is 10.2. The highest BCUT2D eigenvalue weighted by atomic mass is 32.2. The summed E-state index contributed by atoms with van der Waals surface area (Å²) in [5, 5.41) is 6.89. The molecule has 0 aromatic heterocycles. The Balaban J connectivity index is 0.000000386. The van der Waals surface area contributed by atoms with Crippen molar-refractivity contribution >= 4 is 18.4 Å². The van der Waals surface area contributed by atoms with E-state index in [2.05, 4.69) is 41.6 Å². The van der Waals surface area contributed by atoms with Gasteiger partial charge in [0.2, 0.25) is 0 Å². The maximum absolute atomic E-state index is 8.36. The topological polar surface area (TPSA) is 40.5 Å². The molecule has 0 radical (unpaired) electrons. The Morgan fingerprint density at radius 1 is 1.44 bits per heavy atom. The van der Waals surface area contributed by atoms with Gasteiger partial charge in [-0.05, 0) is 43.8 Å². The zero-order valence-electron chi connectivity index (χ0n) is 9.37. The van der Waals surface area contributed by atoms with Crippen LogP contribution in [0.3, 0.4) is 0 Å². The summed E-state index contributed by atoms with van der Waals surface area (Å²) in [5.74, 6) is 0. The third-order valence-electron chi connectivity index (χ3n) is 2.46. The fraction of sp³-hybridized carbons (Fsp3) is 0.417. The van der Waals surface area contributed by atoms with E-state index in [4.69, 9.17) is 9.90 Å². The van der Waals surface area contributed by atoms with E-state index in [1.54, 1.807) is 0 Å². The number of benzene rings is 1. The summed E-state index contributed by atoms with van der Waals surface area (Å²) in [5.41, 5.74) is 0. The molecule has 1 aromatic rings. The molecule has 1 unspecified atom stereocenters. The maximum atomic E-state index is 8.36. The first-order valence-corrected chi connectivity index (χ1v) is 6.12. The fourth-order valence-corrected chi connectivity index (χ4v) is 2.71. The van der Waals surface area contributed by atoms with Crippen LogP contribution in [-0.2, 0) is 4.79 Å². The molecule has 2 rings (SSSR count). The van der Waals surface area contributed by atoms with Crippen LogP contribution in [0.1, 0.15) is 19.8 Å². The van der Waals surface area contributed by atoms with E-state index < -0.39 is 0 Å². The van der Waals surface area contributed by atoms with Crippen LogP contribution >= 0.6 is 11.9 Å². The summed E-state index contributed by atoms with van der Waals surface area (Å²) in [6, 6.07) is 11.4. The first-order chi connectivity index (χ1) is 7.77. The first-order valence-electron chi connectivity index (χ1n) is 5.35. The van der Waals surface area contributed by atoms with E-state index in [9.17, 15) is 0 Å². The van der Waals surface area contributed by atoms with Crippen LogP contribution < -0.4 is 0 Å². The van der Waals surface area contributed by atoms with Gasteiger partial charge in [-0.25, -0.2) is 4.31 Å². The Bertz CT molecular complexity index is 305. The molecule has 1 aliphatic rings. The molecule has 0 bridgehead atoms. The van der Waals surface area contributed by atoms with Crippen molar-refractivity contribution in [1.29, 1.82) is 0 Å². The molecule has 1 saturated heterocycles. The average Bonchev–Trinajstić information content (AvgIpc) is 2.67. The third kappa shape index (κ3) is 4.24. The number of hydrogen-bond donors (Lipinski definition) is 1. The zero-order chi connectivity index (χ0) is 11.8. The molecule has 0 spiro atoms. The van der Waals surface area contributed by atoms with Gasteiger partial charge in [0.25, 0.3) is 6.47 Å². The van der Waals surface area contributed by atoms with E-state index in [0.717, 1.165) is 6.04 Å². The number of carbonyl (C=O) groups is 1. The standard InChI is InChI=1S/C11H15NS.CH2O2/c1-10-6-5-9-12(10)13-11-7-3-2-4-8-11;2-1-3/h2-4,7-8,10H,5-6,9H2,1H3;1H,(H,2,3). The van der Waals surface area contributed by atoms with Crippen molar-refractivity contribution < 1.29 is 9.90 Å². The Labute approximate surface area is 101 Å². The minimum Gasteiger partial charge on any atom is -0.483 e. The molecule has 1 aliphatic heterocycles. The van der Waals surface area contributed by atoms with Gasteiger partial charge in [0.15, 0.2) is 0 Å². The van der Waals surface area contributed by atoms with Crippen LogP contribution in [0.4, 0.5) is 0 Å². The lowest BCUT2D eigenvalue weighted by molar-refractivity contribution is -0.122. The molecule has 0 aliphatic carbocycles. The molecule has 0 saturated carbocycles. The highest BCUT2D eigenvalue weighted by molar-refractivity contribution is 7.97. The van der Waals surface area contributed by atoms with Crippen LogP contribution in [0.15, 0.2) is 35.2 Å². The lowest BCUT2D eigenvalue weighted by atomic mass is 10.3. The van der Waals surface area contributed by atoms with Gasteiger partial charge in [-0.2, -0.15) is 0 Å². The Kier molecular flexibility index (Phi) is 5.96. The summed E-state index contributed by atoms with van der Waals surface area (Å²) in [6.07, 6.45) is 2.70. The number of hydrogen-bond acceptors (Lipinski definition) is 3. The summed E-state index contributed by atoms with van der Waals surface area (Å²) in [4.78, 5) is 9.72. The van der Waals surface area contributed by atoms with E-state index in [1.165, 1.54) is 24.3 Å². The van der Waals surface area contributed by atoms with Crippen molar-refractivity contribution in [2.24, 2.45) is 0 Å². The van der Waals surface area contributed by atoms with Gasteiger partial charge < -0.3 is 5.11 Å². The Morgan fingerprint density at radius 2 is 2.06 bits per heavy atom. The van der Waals surface area contributed by atoms with E-state index in [1.807, 2.05) is 11.9 Å².